The molecule has 0 unspecified atom stereocenters. The first kappa shape index (κ1) is 13.7. The van der Waals surface area contributed by atoms with Crippen LogP contribution in [0.4, 0.5) is 17.2 Å². The van der Waals surface area contributed by atoms with E-state index in [1.54, 1.807) is 24.3 Å². The Bertz CT molecular complexity index is 617. The SMILES string of the molecule is CCCOc1nc(Nc2ccc(C#N)cc2)ccc1N. The van der Waals surface area contributed by atoms with E-state index in [4.69, 9.17) is 15.7 Å². The molecule has 0 atom stereocenters. The topological polar surface area (TPSA) is 84.0 Å². The van der Waals surface area contributed by atoms with Crippen LogP contribution in [-0.2, 0) is 0 Å². The van der Waals surface area contributed by atoms with Crippen molar-refractivity contribution in [1.82, 2.24) is 4.98 Å². The highest BCUT2D eigenvalue weighted by Gasteiger charge is 2.04. The molecule has 3 N–H and O–H groups in total. The van der Waals surface area contributed by atoms with Crippen molar-refractivity contribution in [2.45, 2.75) is 13.3 Å². The van der Waals surface area contributed by atoms with Crippen LogP contribution in [-0.4, -0.2) is 11.6 Å². The lowest BCUT2D eigenvalue weighted by Gasteiger charge is -2.10. The first-order valence-electron chi connectivity index (χ1n) is 6.39. The molecule has 1 aromatic heterocycles. The number of nitrogens with zero attached hydrogens (tertiary/aromatic N) is 2. The van der Waals surface area contributed by atoms with Crippen molar-refractivity contribution >= 4 is 17.2 Å². The van der Waals surface area contributed by atoms with Gasteiger partial charge in [0.1, 0.15) is 5.82 Å². The lowest BCUT2D eigenvalue weighted by atomic mass is 10.2. The van der Waals surface area contributed by atoms with Crippen LogP contribution in [0, 0.1) is 11.3 Å². The second-order valence-corrected chi connectivity index (χ2v) is 4.25. The third kappa shape index (κ3) is 3.39. The van der Waals surface area contributed by atoms with Crippen molar-refractivity contribution in [3.05, 3.63) is 42.0 Å². The molecule has 1 aromatic carbocycles. The third-order valence-corrected chi connectivity index (χ3v) is 2.62. The quantitative estimate of drug-likeness (QED) is 0.870. The van der Waals surface area contributed by atoms with Crippen LogP contribution in [0.3, 0.4) is 0 Å². The molecule has 0 saturated carbocycles. The van der Waals surface area contributed by atoms with E-state index in [0.717, 1.165) is 12.1 Å². The molecule has 102 valence electrons. The lowest BCUT2D eigenvalue weighted by molar-refractivity contribution is 0.307. The Morgan fingerprint density at radius 3 is 2.65 bits per heavy atom. The van der Waals surface area contributed by atoms with Gasteiger partial charge in [-0.3, -0.25) is 0 Å². The number of nitrogen functional groups attached to an aromatic ring is 1. The highest BCUT2D eigenvalue weighted by atomic mass is 16.5. The zero-order valence-electron chi connectivity index (χ0n) is 11.3. The zero-order chi connectivity index (χ0) is 14.4. The monoisotopic (exact) mass is 268 g/mol. The summed E-state index contributed by atoms with van der Waals surface area (Å²) >= 11 is 0. The molecule has 0 aliphatic carbocycles. The van der Waals surface area contributed by atoms with Crippen molar-refractivity contribution < 1.29 is 4.74 Å². The van der Waals surface area contributed by atoms with Gasteiger partial charge in [0, 0.05) is 5.69 Å². The standard InChI is InChI=1S/C15H16N4O/c1-2-9-20-15-13(17)7-8-14(19-15)18-12-5-3-11(10-16)4-6-12/h3-8H,2,9,17H2,1H3,(H,18,19). The molecule has 0 aliphatic rings. The van der Waals surface area contributed by atoms with Gasteiger partial charge in [-0.1, -0.05) is 6.92 Å². The van der Waals surface area contributed by atoms with Gasteiger partial charge in [0.2, 0.25) is 5.88 Å². The Labute approximate surface area is 118 Å². The Kier molecular flexibility index (Phi) is 4.40. The maximum absolute atomic E-state index is 8.75. The number of nitrogens with two attached hydrogens (primary N) is 1. The second kappa shape index (κ2) is 6.43. The van der Waals surface area contributed by atoms with Crippen LogP contribution in [0.1, 0.15) is 18.9 Å². The Hall–Kier alpha value is -2.74. The van der Waals surface area contributed by atoms with Gasteiger partial charge in [-0.2, -0.15) is 10.2 Å². The molecule has 5 nitrogen and oxygen atoms in total. The van der Waals surface area contributed by atoms with E-state index in [-0.39, 0.29) is 0 Å². The average Bonchev–Trinajstić information content (AvgIpc) is 2.48. The molecule has 2 rings (SSSR count). The molecule has 0 saturated heterocycles. The van der Waals surface area contributed by atoms with E-state index in [0.29, 0.717) is 29.6 Å². The fraction of sp³-hybridized carbons (Fsp3) is 0.200. The van der Waals surface area contributed by atoms with Crippen LogP contribution in [0.5, 0.6) is 5.88 Å². The summed E-state index contributed by atoms with van der Waals surface area (Å²) in [5, 5.41) is 11.9. The molecule has 0 bridgehead atoms. The van der Waals surface area contributed by atoms with Crippen molar-refractivity contribution in [3.8, 4) is 11.9 Å². The summed E-state index contributed by atoms with van der Waals surface area (Å²) in [6.07, 6.45) is 0.897. The van der Waals surface area contributed by atoms with Gasteiger partial charge in [-0.05, 0) is 42.8 Å². The predicted molar refractivity (Wildman–Crippen MR) is 78.9 cm³/mol. The fourth-order valence-electron chi connectivity index (χ4n) is 1.61. The van der Waals surface area contributed by atoms with Crippen molar-refractivity contribution in [2.24, 2.45) is 0 Å². The zero-order valence-corrected chi connectivity index (χ0v) is 11.3. The van der Waals surface area contributed by atoms with E-state index in [9.17, 15) is 0 Å². The molecule has 2 aromatic rings. The number of pyridine rings is 1. The molecule has 0 radical (unpaired) electrons. The summed E-state index contributed by atoms with van der Waals surface area (Å²) in [6, 6.07) is 12.7. The van der Waals surface area contributed by atoms with Gasteiger partial charge < -0.3 is 15.8 Å². The largest absolute Gasteiger partial charge is 0.476 e. The van der Waals surface area contributed by atoms with E-state index in [1.165, 1.54) is 0 Å². The van der Waals surface area contributed by atoms with Gasteiger partial charge in [0.25, 0.3) is 0 Å². The summed E-state index contributed by atoms with van der Waals surface area (Å²) in [5.74, 6) is 1.08. The van der Waals surface area contributed by atoms with Crippen LogP contribution in [0.2, 0.25) is 0 Å². The summed E-state index contributed by atoms with van der Waals surface area (Å²) in [7, 11) is 0. The number of nitrogens with one attached hydrogen (secondary N) is 1. The molecule has 0 amide bonds. The summed E-state index contributed by atoms with van der Waals surface area (Å²) in [5.41, 5.74) is 7.80. The minimum atomic E-state index is 0.436. The Morgan fingerprint density at radius 2 is 2.00 bits per heavy atom. The third-order valence-electron chi connectivity index (χ3n) is 2.62. The minimum absolute atomic E-state index is 0.436. The average molecular weight is 268 g/mol. The molecular weight excluding hydrogens is 252 g/mol. The van der Waals surface area contributed by atoms with Gasteiger partial charge in [0.05, 0.1) is 23.9 Å². The van der Waals surface area contributed by atoms with E-state index < -0.39 is 0 Å². The smallest absolute Gasteiger partial charge is 0.239 e. The molecule has 5 heteroatoms. The van der Waals surface area contributed by atoms with Gasteiger partial charge >= 0.3 is 0 Å². The maximum atomic E-state index is 8.75. The predicted octanol–water partition coefficient (Wildman–Crippen LogP) is 3.07. The number of ether oxygens (including phenoxy) is 1. The first-order valence-corrected chi connectivity index (χ1v) is 6.39. The Balaban J connectivity index is 2.14. The second-order valence-electron chi connectivity index (χ2n) is 4.25. The van der Waals surface area contributed by atoms with Crippen LogP contribution >= 0.6 is 0 Å². The minimum Gasteiger partial charge on any atom is -0.476 e. The van der Waals surface area contributed by atoms with Gasteiger partial charge in [0.15, 0.2) is 0 Å². The Morgan fingerprint density at radius 1 is 1.25 bits per heavy atom. The van der Waals surface area contributed by atoms with Crippen LogP contribution in [0.15, 0.2) is 36.4 Å². The maximum Gasteiger partial charge on any atom is 0.239 e. The van der Waals surface area contributed by atoms with Crippen LogP contribution < -0.4 is 15.8 Å². The highest BCUT2D eigenvalue weighted by molar-refractivity contribution is 5.61. The molecule has 0 aliphatic heterocycles. The molecule has 0 spiro atoms. The highest BCUT2D eigenvalue weighted by Crippen LogP contribution is 2.23. The molecule has 1 heterocycles. The van der Waals surface area contributed by atoms with Gasteiger partial charge in [-0.25, -0.2) is 0 Å². The fourth-order valence-corrected chi connectivity index (χ4v) is 1.61. The van der Waals surface area contributed by atoms with E-state index in [2.05, 4.69) is 16.4 Å². The molecule has 20 heavy (non-hydrogen) atoms. The molecular formula is C15H16N4O. The van der Waals surface area contributed by atoms with Gasteiger partial charge in [-0.15, -0.1) is 0 Å². The van der Waals surface area contributed by atoms with Crippen LogP contribution in [0.25, 0.3) is 0 Å². The number of hydrogen-bond donors (Lipinski definition) is 2. The number of aromatic nitrogens is 1. The lowest BCUT2D eigenvalue weighted by Crippen LogP contribution is -2.03. The first-order chi connectivity index (χ1) is 9.72. The summed E-state index contributed by atoms with van der Waals surface area (Å²) in [6.45, 7) is 2.60. The van der Waals surface area contributed by atoms with Crippen molar-refractivity contribution in [2.75, 3.05) is 17.7 Å². The number of rotatable bonds is 5. The molecule has 0 fully saturated rings. The number of benzene rings is 1. The number of anilines is 3. The van der Waals surface area contributed by atoms with E-state index in [1.807, 2.05) is 19.1 Å². The number of hydrogen-bond acceptors (Lipinski definition) is 5. The normalized spacial score (nSPS) is 9.80. The summed E-state index contributed by atoms with van der Waals surface area (Å²) < 4.78 is 5.48. The van der Waals surface area contributed by atoms with E-state index >= 15 is 0 Å². The van der Waals surface area contributed by atoms with Crippen molar-refractivity contribution in [1.29, 1.82) is 5.26 Å². The van der Waals surface area contributed by atoms with Crippen molar-refractivity contribution in [3.63, 3.8) is 0 Å². The summed E-state index contributed by atoms with van der Waals surface area (Å²) in [4.78, 5) is 4.32. The number of nitriles is 1.